The molecule has 0 aromatic carbocycles. The molecule has 0 amide bonds. The van der Waals surface area contributed by atoms with E-state index in [0.29, 0.717) is 13.2 Å². The van der Waals surface area contributed by atoms with Crippen molar-refractivity contribution in [3.8, 4) is 0 Å². The first-order valence-electron chi connectivity index (χ1n) is 4.65. The lowest BCUT2D eigenvalue weighted by molar-refractivity contribution is -0.145. The van der Waals surface area contributed by atoms with Crippen LogP contribution < -0.4 is 0 Å². The topological polar surface area (TPSA) is 48.7 Å². The van der Waals surface area contributed by atoms with E-state index in [4.69, 9.17) is 13.9 Å². The van der Waals surface area contributed by atoms with Crippen LogP contribution in [0, 0.1) is 0 Å². The lowest BCUT2D eigenvalue weighted by Gasteiger charge is -2.11. The molecule has 0 saturated heterocycles. The van der Waals surface area contributed by atoms with Gasteiger partial charge in [0.05, 0.1) is 12.9 Å². The van der Waals surface area contributed by atoms with Crippen LogP contribution in [0.25, 0.3) is 0 Å². The van der Waals surface area contributed by atoms with Gasteiger partial charge in [0, 0.05) is 6.08 Å². The zero-order valence-corrected chi connectivity index (χ0v) is 8.64. The van der Waals surface area contributed by atoms with Gasteiger partial charge in [-0.3, -0.25) is 0 Å². The first kappa shape index (κ1) is 11.5. The molecule has 0 aliphatic carbocycles. The maximum absolute atomic E-state index is 10.8. The fourth-order valence-corrected chi connectivity index (χ4v) is 1.00. The van der Waals surface area contributed by atoms with Crippen LogP contribution in [-0.4, -0.2) is 18.7 Å². The van der Waals surface area contributed by atoms with Crippen LogP contribution in [0.15, 0.2) is 35.5 Å². The normalized spacial score (nSPS) is 12.1. The van der Waals surface area contributed by atoms with E-state index in [1.54, 1.807) is 19.3 Å². The van der Waals surface area contributed by atoms with E-state index in [1.807, 2.05) is 6.07 Å². The van der Waals surface area contributed by atoms with E-state index in [9.17, 15) is 4.79 Å². The fourth-order valence-electron chi connectivity index (χ4n) is 1.00. The summed E-state index contributed by atoms with van der Waals surface area (Å²) in [6.07, 6.45) is 2.42. The van der Waals surface area contributed by atoms with Gasteiger partial charge in [-0.15, -0.1) is 0 Å². The molecule has 0 saturated carbocycles. The van der Waals surface area contributed by atoms with Crippen LogP contribution in [0.4, 0.5) is 0 Å². The zero-order chi connectivity index (χ0) is 11.1. The predicted octanol–water partition coefficient (Wildman–Crippen LogP) is 1.91. The molecule has 1 atom stereocenters. The standard InChI is InChI=1S/C11H14O4/c1-3-11(12)15-9(2)7-13-8-10-5-4-6-14-10/h3-6,9H,1,7-8H2,2H3. The van der Waals surface area contributed by atoms with E-state index >= 15 is 0 Å². The van der Waals surface area contributed by atoms with Crippen molar-refractivity contribution in [1.29, 1.82) is 0 Å². The lowest BCUT2D eigenvalue weighted by atomic mass is 10.4. The monoisotopic (exact) mass is 210 g/mol. The summed E-state index contributed by atoms with van der Waals surface area (Å²) in [6, 6.07) is 3.61. The van der Waals surface area contributed by atoms with Gasteiger partial charge in [-0.25, -0.2) is 4.79 Å². The Morgan fingerprint density at radius 2 is 2.53 bits per heavy atom. The number of hydrogen-bond acceptors (Lipinski definition) is 4. The molecule has 0 bridgehead atoms. The van der Waals surface area contributed by atoms with E-state index in [1.165, 1.54) is 0 Å². The highest BCUT2D eigenvalue weighted by atomic mass is 16.6. The van der Waals surface area contributed by atoms with Crippen molar-refractivity contribution >= 4 is 5.97 Å². The molecule has 0 fully saturated rings. The summed E-state index contributed by atoms with van der Waals surface area (Å²) in [6.45, 7) is 5.77. The molecule has 1 aromatic heterocycles. The molecular weight excluding hydrogens is 196 g/mol. The minimum atomic E-state index is -0.441. The fraction of sp³-hybridized carbons (Fsp3) is 0.364. The molecule has 0 N–H and O–H groups in total. The van der Waals surface area contributed by atoms with Crippen LogP contribution in [-0.2, 0) is 20.9 Å². The maximum Gasteiger partial charge on any atom is 0.330 e. The quantitative estimate of drug-likeness (QED) is 0.531. The van der Waals surface area contributed by atoms with Gasteiger partial charge in [0.2, 0.25) is 0 Å². The highest BCUT2D eigenvalue weighted by molar-refractivity contribution is 5.81. The Kier molecular flexibility index (Phi) is 4.63. The second-order valence-corrected chi connectivity index (χ2v) is 3.05. The van der Waals surface area contributed by atoms with Gasteiger partial charge in [0.1, 0.15) is 18.5 Å². The Hall–Kier alpha value is -1.55. The van der Waals surface area contributed by atoms with Crippen LogP contribution in [0.3, 0.4) is 0 Å². The van der Waals surface area contributed by atoms with Crippen LogP contribution in [0.5, 0.6) is 0 Å². The summed E-state index contributed by atoms with van der Waals surface area (Å²) in [4.78, 5) is 10.8. The lowest BCUT2D eigenvalue weighted by Crippen LogP contribution is -2.18. The average molecular weight is 210 g/mol. The smallest absolute Gasteiger partial charge is 0.330 e. The van der Waals surface area contributed by atoms with Crippen molar-refractivity contribution < 1.29 is 18.7 Å². The summed E-state index contributed by atoms with van der Waals surface area (Å²) >= 11 is 0. The summed E-state index contributed by atoms with van der Waals surface area (Å²) in [7, 11) is 0. The summed E-state index contributed by atoms with van der Waals surface area (Å²) in [5.41, 5.74) is 0. The van der Waals surface area contributed by atoms with Gasteiger partial charge in [0.25, 0.3) is 0 Å². The molecule has 15 heavy (non-hydrogen) atoms. The number of carbonyl (C=O) groups is 1. The molecule has 0 aliphatic heterocycles. The molecule has 0 aliphatic rings. The summed E-state index contributed by atoms with van der Waals surface area (Å²) in [5, 5.41) is 0. The van der Waals surface area contributed by atoms with Crippen molar-refractivity contribution in [3.05, 3.63) is 36.8 Å². The van der Waals surface area contributed by atoms with Crippen molar-refractivity contribution in [2.75, 3.05) is 6.61 Å². The highest BCUT2D eigenvalue weighted by Gasteiger charge is 2.06. The van der Waals surface area contributed by atoms with Gasteiger partial charge in [-0.2, -0.15) is 0 Å². The summed E-state index contributed by atoms with van der Waals surface area (Å²) in [5.74, 6) is 0.307. The minimum absolute atomic E-state index is 0.287. The van der Waals surface area contributed by atoms with Gasteiger partial charge < -0.3 is 13.9 Å². The minimum Gasteiger partial charge on any atom is -0.467 e. The van der Waals surface area contributed by atoms with Gasteiger partial charge in [-0.05, 0) is 19.1 Å². The largest absolute Gasteiger partial charge is 0.467 e. The molecule has 1 aromatic rings. The van der Waals surface area contributed by atoms with Gasteiger partial charge >= 0.3 is 5.97 Å². The number of furan rings is 1. The van der Waals surface area contributed by atoms with Crippen molar-refractivity contribution in [2.24, 2.45) is 0 Å². The first-order chi connectivity index (χ1) is 7.22. The number of hydrogen-bond donors (Lipinski definition) is 0. The SMILES string of the molecule is C=CC(=O)OC(C)COCc1ccco1. The third-order valence-electron chi connectivity index (χ3n) is 1.66. The Balaban J connectivity index is 2.14. The van der Waals surface area contributed by atoms with Gasteiger partial charge in [-0.1, -0.05) is 6.58 Å². The van der Waals surface area contributed by atoms with Crippen molar-refractivity contribution in [2.45, 2.75) is 19.6 Å². The Labute approximate surface area is 88.5 Å². The number of esters is 1. The second kappa shape index (κ2) is 6.03. The molecular formula is C11H14O4. The van der Waals surface area contributed by atoms with E-state index in [0.717, 1.165) is 11.8 Å². The van der Waals surface area contributed by atoms with Crippen molar-refractivity contribution in [3.63, 3.8) is 0 Å². The molecule has 4 heteroatoms. The van der Waals surface area contributed by atoms with E-state index < -0.39 is 5.97 Å². The third-order valence-corrected chi connectivity index (χ3v) is 1.66. The molecule has 4 nitrogen and oxygen atoms in total. The molecule has 1 heterocycles. The Morgan fingerprint density at radius 3 is 3.13 bits per heavy atom. The van der Waals surface area contributed by atoms with Crippen LogP contribution in [0.1, 0.15) is 12.7 Å². The number of carbonyl (C=O) groups excluding carboxylic acids is 1. The molecule has 0 spiro atoms. The second-order valence-electron chi connectivity index (χ2n) is 3.05. The average Bonchev–Trinajstić information content (AvgIpc) is 2.70. The number of rotatable bonds is 6. The first-order valence-corrected chi connectivity index (χ1v) is 4.65. The summed E-state index contributed by atoms with van der Waals surface area (Å²) < 4.78 is 15.3. The number of ether oxygens (including phenoxy) is 2. The van der Waals surface area contributed by atoms with Crippen LogP contribution >= 0.6 is 0 Å². The Bertz CT molecular complexity index is 302. The third kappa shape index (κ3) is 4.46. The van der Waals surface area contributed by atoms with E-state index in [-0.39, 0.29) is 6.10 Å². The van der Waals surface area contributed by atoms with E-state index in [2.05, 4.69) is 6.58 Å². The van der Waals surface area contributed by atoms with Gasteiger partial charge in [0.15, 0.2) is 0 Å². The molecule has 1 rings (SSSR count). The Morgan fingerprint density at radius 1 is 1.73 bits per heavy atom. The van der Waals surface area contributed by atoms with Crippen LogP contribution in [0.2, 0.25) is 0 Å². The maximum atomic E-state index is 10.8. The molecule has 1 unspecified atom stereocenters. The van der Waals surface area contributed by atoms with Crippen molar-refractivity contribution in [1.82, 2.24) is 0 Å². The molecule has 82 valence electrons. The highest BCUT2D eigenvalue weighted by Crippen LogP contribution is 2.03. The zero-order valence-electron chi connectivity index (χ0n) is 8.64. The predicted molar refractivity (Wildman–Crippen MR) is 54.1 cm³/mol. The molecule has 0 radical (unpaired) electrons.